The van der Waals surface area contributed by atoms with E-state index in [0.29, 0.717) is 23.5 Å². The summed E-state index contributed by atoms with van der Waals surface area (Å²) in [6, 6.07) is 12.9. The van der Waals surface area contributed by atoms with Crippen LogP contribution in [0.15, 0.2) is 42.5 Å². The molecule has 0 atom stereocenters. The number of anilines is 2. The number of rotatable bonds is 8. The predicted molar refractivity (Wildman–Crippen MR) is 120 cm³/mol. The van der Waals surface area contributed by atoms with E-state index >= 15 is 0 Å². The van der Waals surface area contributed by atoms with E-state index in [1.165, 1.54) is 0 Å². The molecular weight excluding hydrogens is 386 g/mol. The van der Waals surface area contributed by atoms with Crippen molar-refractivity contribution in [3.8, 4) is 5.75 Å². The third-order valence-electron chi connectivity index (χ3n) is 4.10. The van der Waals surface area contributed by atoms with Gasteiger partial charge in [-0.3, -0.25) is 14.9 Å². The molecule has 0 spiro atoms. The van der Waals surface area contributed by atoms with Gasteiger partial charge in [-0.15, -0.1) is 0 Å². The first-order valence-electron chi connectivity index (χ1n) is 9.58. The number of hydrogen-bond acceptors (Lipinski definition) is 4. The number of unbranched alkanes of at least 4 members (excludes halogenated alkanes) is 1. The lowest BCUT2D eigenvalue weighted by atomic mass is 10.1. The Balaban J connectivity index is 1.82. The van der Waals surface area contributed by atoms with E-state index < -0.39 is 0 Å². The summed E-state index contributed by atoms with van der Waals surface area (Å²) in [5, 5.41) is 8.54. The largest absolute Gasteiger partial charge is 0.483 e. The Hall–Kier alpha value is -2.93. The van der Waals surface area contributed by atoms with Gasteiger partial charge in [-0.1, -0.05) is 37.1 Å². The maximum Gasteiger partial charge on any atom is 0.264 e. The normalized spacial score (nSPS) is 10.2. The van der Waals surface area contributed by atoms with Crippen LogP contribution in [0.3, 0.4) is 0 Å². The quantitative estimate of drug-likeness (QED) is 0.562. The number of carbonyl (C=O) groups excluding carboxylic acids is 2. The molecule has 0 aliphatic heterocycles. The summed E-state index contributed by atoms with van der Waals surface area (Å²) in [6.07, 6.45) is 2.31. The van der Waals surface area contributed by atoms with Gasteiger partial charge >= 0.3 is 0 Å². The molecule has 6 nitrogen and oxygen atoms in total. The minimum Gasteiger partial charge on any atom is -0.483 e. The molecule has 29 heavy (non-hydrogen) atoms. The summed E-state index contributed by atoms with van der Waals surface area (Å²) >= 11 is 5.19. The van der Waals surface area contributed by atoms with E-state index in [2.05, 4.69) is 16.0 Å². The van der Waals surface area contributed by atoms with Crippen molar-refractivity contribution in [3.63, 3.8) is 0 Å². The van der Waals surface area contributed by atoms with Gasteiger partial charge in [0.15, 0.2) is 11.7 Å². The van der Waals surface area contributed by atoms with Crippen LogP contribution in [0, 0.1) is 13.8 Å². The summed E-state index contributed by atoms with van der Waals surface area (Å²) in [7, 11) is 0. The van der Waals surface area contributed by atoms with Crippen LogP contribution in [-0.4, -0.2) is 23.5 Å². The van der Waals surface area contributed by atoms with Crippen molar-refractivity contribution < 1.29 is 14.3 Å². The maximum absolute atomic E-state index is 12.1. The number of benzene rings is 2. The molecule has 0 unspecified atom stereocenters. The molecule has 2 aromatic rings. The van der Waals surface area contributed by atoms with Crippen LogP contribution in [0.2, 0.25) is 0 Å². The van der Waals surface area contributed by atoms with Crippen molar-refractivity contribution in [1.82, 2.24) is 5.32 Å². The van der Waals surface area contributed by atoms with Crippen LogP contribution in [0.5, 0.6) is 5.75 Å². The van der Waals surface area contributed by atoms with E-state index in [4.69, 9.17) is 17.0 Å². The van der Waals surface area contributed by atoms with Gasteiger partial charge in [0.1, 0.15) is 5.75 Å². The molecule has 0 saturated carbocycles. The van der Waals surface area contributed by atoms with Gasteiger partial charge in [-0.05, 0) is 62.3 Å². The lowest BCUT2D eigenvalue weighted by molar-refractivity contribution is -0.121. The SMILES string of the molecule is CCCCC(=O)Nc1cccc(NC(=S)NC(=O)COc2ccc(C)cc2C)c1. The molecular formula is C22H27N3O3S. The molecule has 2 aromatic carbocycles. The molecule has 0 heterocycles. The number of amides is 2. The number of thiocarbonyl (C=S) groups is 1. The highest BCUT2D eigenvalue weighted by Crippen LogP contribution is 2.18. The Morgan fingerprint density at radius 2 is 1.72 bits per heavy atom. The first kappa shape index (κ1) is 22.4. The third-order valence-corrected chi connectivity index (χ3v) is 4.31. The molecule has 0 aliphatic rings. The highest BCUT2D eigenvalue weighted by atomic mass is 32.1. The molecule has 2 rings (SSSR count). The fourth-order valence-corrected chi connectivity index (χ4v) is 2.90. The van der Waals surface area contributed by atoms with Gasteiger partial charge in [-0.25, -0.2) is 0 Å². The maximum atomic E-state index is 12.1. The monoisotopic (exact) mass is 413 g/mol. The molecule has 2 amide bonds. The molecule has 3 N–H and O–H groups in total. The third kappa shape index (κ3) is 7.91. The first-order chi connectivity index (χ1) is 13.9. The number of ether oxygens (including phenoxy) is 1. The van der Waals surface area contributed by atoms with Crippen molar-refractivity contribution >= 4 is 40.5 Å². The average molecular weight is 414 g/mol. The fourth-order valence-electron chi connectivity index (χ4n) is 2.67. The number of carbonyl (C=O) groups is 2. The van der Waals surface area contributed by atoms with Crippen LogP contribution in [0.25, 0.3) is 0 Å². The van der Waals surface area contributed by atoms with Crippen molar-refractivity contribution in [1.29, 1.82) is 0 Å². The summed E-state index contributed by atoms with van der Waals surface area (Å²) in [4.78, 5) is 23.9. The number of hydrogen-bond donors (Lipinski definition) is 3. The second kappa shape index (κ2) is 11.2. The van der Waals surface area contributed by atoms with E-state index in [0.717, 1.165) is 24.0 Å². The topological polar surface area (TPSA) is 79.5 Å². The molecule has 0 aliphatic carbocycles. The van der Waals surface area contributed by atoms with Gasteiger partial charge in [0.05, 0.1) is 0 Å². The van der Waals surface area contributed by atoms with Crippen molar-refractivity contribution in [3.05, 3.63) is 53.6 Å². The van der Waals surface area contributed by atoms with Crippen molar-refractivity contribution in [2.75, 3.05) is 17.2 Å². The van der Waals surface area contributed by atoms with Crippen LogP contribution in [0.4, 0.5) is 11.4 Å². The zero-order valence-electron chi connectivity index (χ0n) is 17.0. The predicted octanol–water partition coefficient (Wildman–Crippen LogP) is 4.32. The minimum absolute atomic E-state index is 0.0246. The first-order valence-corrected chi connectivity index (χ1v) is 9.99. The van der Waals surface area contributed by atoms with E-state index in [1.54, 1.807) is 24.3 Å². The lowest BCUT2D eigenvalue weighted by Gasteiger charge is -2.12. The summed E-state index contributed by atoms with van der Waals surface area (Å²) in [5.41, 5.74) is 3.44. The molecule has 7 heteroatoms. The van der Waals surface area contributed by atoms with E-state index in [-0.39, 0.29) is 23.5 Å². The highest BCUT2D eigenvalue weighted by Gasteiger charge is 2.08. The fraction of sp³-hybridized carbons (Fsp3) is 0.318. The van der Waals surface area contributed by atoms with Crippen molar-refractivity contribution in [2.24, 2.45) is 0 Å². The standard InChI is InChI=1S/C22H27N3O3S/c1-4-5-9-20(26)23-17-7-6-8-18(13-17)24-22(29)25-21(27)14-28-19-11-10-15(2)12-16(19)3/h6-8,10-13H,4-5,9,14H2,1-3H3,(H,23,26)(H2,24,25,27,29). The van der Waals surface area contributed by atoms with Gasteiger partial charge in [0, 0.05) is 17.8 Å². The van der Waals surface area contributed by atoms with Crippen LogP contribution >= 0.6 is 12.2 Å². The zero-order chi connectivity index (χ0) is 21.2. The van der Waals surface area contributed by atoms with Gasteiger partial charge in [0.2, 0.25) is 5.91 Å². The molecule has 0 aromatic heterocycles. The smallest absolute Gasteiger partial charge is 0.264 e. The minimum atomic E-state index is -0.355. The Morgan fingerprint density at radius 3 is 2.41 bits per heavy atom. The molecule has 0 radical (unpaired) electrons. The molecule has 154 valence electrons. The van der Waals surface area contributed by atoms with Gasteiger partial charge in [0.25, 0.3) is 5.91 Å². The molecule has 0 fully saturated rings. The summed E-state index contributed by atoms with van der Waals surface area (Å²) in [6.45, 7) is 5.83. The summed E-state index contributed by atoms with van der Waals surface area (Å²) < 4.78 is 5.55. The lowest BCUT2D eigenvalue weighted by Crippen LogP contribution is -2.37. The zero-order valence-corrected chi connectivity index (χ0v) is 17.8. The highest BCUT2D eigenvalue weighted by molar-refractivity contribution is 7.80. The average Bonchev–Trinajstić information content (AvgIpc) is 2.65. The second-order valence-corrected chi connectivity index (χ2v) is 7.20. The Labute approximate surface area is 177 Å². The van der Waals surface area contributed by atoms with E-state index in [9.17, 15) is 9.59 Å². The van der Waals surface area contributed by atoms with Crippen LogP contribution in [0.1, 0.15) is 37.3 Å². The summed E-state index contributed by atoms with van der Waals surface area (Å²) in [5.74, 6) is 0.283. The molecule has 0 bridgehead atoms. The van der Waals surface area contributed by atoms with Crippen molar-refractivity contribution in [2.45, 2.75) is 40.0 Å². The Morgan fingerprint density at radius 1 is 1.00 bits per heavy atom. The second-order valence-electron chi connectivity index (χ2n) is 6.79. The van der Waals surface area contributed by atoms with Gasteiger partial charge < -0.3 is 15.4 Å². The van der Waals surface area contributed by atoms with E-state index in [1.807, 2.05) is 39.0 Å². The molecule has 0 saturated heterocycles. The van der Waals surface area contributed by atoms with Crippen LogP contribution < -0.4 is 20.7 Å². The van der Waals surface area contributed by atoms with Crippen LogP contribution in [-0.2, 0) is 9.59 Å². The Kier molecular flexibility index (Phi) is 8.61. The number of aryl methyl sites for hydroxylation is 2. The Bertz CT molecular complexity index is 883. The number of nitrogens with one attached hydrogen (secondary N) is 3. The van der Waals surface area contributed by atoms with Gasteiger partial charge in [-0.2, -0.15) is 0 Å².